The van der Waals surface area contributed by atoms with Gasteiger partial charge < -0.3 is 14.8 Å². The zero-order chi connectivity index (χ0) is 16.7. The number of nitrogens with zero attached hydrogens (tertiary/aromatic N) is 2. The van der Waals surface area contributed by atoms with Gasteiger partial charge in [-0.25, -0.2) is 9.78 Å². The number of nitrogens with one attached hydrogen (secondary N) is 1. The molecule has 22 heavy (non-hydrogen) atoms. The molecule has 0 aliphatic rings. The van der Waals surface area contributed by atoms with E-state index in [1.807, 2.05) is 0 Å². The van der Waals surface area contributed by atoms with E-state index in [-0.39, 0.29) is 18.2 Å². The summed E-state index contributed by atoms with van der Waals surface area (Å²) in [6.07, 6.45) is 1.94. The molecule has 0 radical (unpaired) electrons. The molecule has 1 heterocycles. The average Bonchev–Trinajstić information content (AvgIpc) is 2.40. The van der Waals surface area contributed by atoms with Crippen LogP contribution in [0.1, 0.15) is 6.92 Å². The number of hydrogen-bond donors (Lipinski definition) is 1. The van der Waals surface area contributed by atoms with Crippen LogP contribution in [-0.2, 0) is 9.53 Å². The summed E-state index contributed by atoms with van der Waals surface area (Å²) in [4.78, 5) is 24.9. The van der Waals surface area contributed by atoms with Crippen molar-refractivity contribution in [3.8, 4) is 5.75 Å². The molecule has 0 aromatic carbocycles. The van der Waals surface area contributed by atoms with Gasteiger partial charge in [0.2, 0.25) is 0 Å². The number of carbonyl (C=O) groups excluding carboxylic acids is 1. The highest BCUT2D eigenvalue weighted by molar-refractivity contribution is 9.10. The van der Waals surface area contributed by atoms with Crippen LogP contribution in [0.4, 0.5) is 14.6 Å². The lowest BCUT2D eigenvalue weighted by Gasteiger charge is -2.09. The molecule has 1 aromatic heterocycles. The van der Waals surface area contributed by atoms with Crippen LogP contribution in [0, 0.1) is 10.1 Å². The number of ether oxygens (including phenoxy) is 2. The first kappa shape index (κ1) is 17.8. The van der Waals surface area contributed by atoms with Crippen molar-refractivity contribution in [3.05, 3.63) is 38.7 Å². The Balaban J connectivity index is 3.03. The second kappa shape index (κ2) is 8.22. The number of esters is 1. The number of carbonyl (C=O) groups is 1. The number of hydrogen-bond acceptors (Lipinski definition) is 7. The summed E-state index contributed by atoms with van der Waals surface area (Å²) >= 11 is 3.02. The molecule has 0 saturated carbocycles. The zero-order valence-electron chi connectivity index (χ0n) is 11.1. The van der Waals surface area contributed by atoms with Crippen molar-refractivity contribution in [2.24, 2.45) is 0 Å². The topological polar surface area (TPSA) is 104 Å². The minimum atomic E-state index is -3.11. The highest BCUT2D eigenvalue weighted by atomic mass is 79.9. The van der Waals surface area contributed by atoms with Crippen LogP contribution < -0.4 is 10.1 Å². The Hall–Kier alpha value is -2.30. The Morgan fingerprint density at radius 3 is 2.86 bits per heavy atom. The highest BCUT2D eigenvalue weighted by Gasteiger charge is 2.23. The van der Waals surface area contributed by atoms with E-state index in [4.69, 9.17) is 0 Å². The maximum Gasteiger partial charge on any atom is 0.411 e. The van der Waals surface area contributed by atoms with Crippen LogP contribution >= 0.6 is 15.9 Å². The Labute approximate surface area is 131 Å². The molecule has 8 nitrogen and oxygen atoms in total. The van der Waals surface area contributed by atoms with Gasteiger partial charge in [-0.15, -0.1) is 0 Å². The van der Waals surface area contributed by atoms with Gasteiger partial charge in [0.1, 0.15) is 0 Å². The van der Waals surface area contributed by atoms with Crippen molar-refractivity contribution >= 4 is 27.7 Å². The molecule has 0 saturated heterocycles. The molecule has 0 unspecified atom stereocenters. The van der Waals surface area contributed by atoms with Crippen molar-refractivity contribution in [2.75, 3.05) is 11.9 Å². The molecule has 0 atom stereocenters. The van der Waals surface area contributed by atoms with Gasteiger partial charge >= 0.3 is 18.3 Å². The molecule has 0 fully saturated rings. The molecule has 0 aliphatic heterocycles. The number of aromatic nitrogens is 1. The molecule has 0 bridgehead atoms. The van der Waals surface area contributed by atoms with Gasteiger partial charge in [0.05, 0.1) is 17.7 Å². The van der Waals surface area contributed by atoms with Crippen molar-refractivity contribution in [2.45, 2.75) is 13.5 Å². The summed E-state index contributed by atoms with van der Waals surface area (Å²) in [5.74, 6) is -1.76. The highest BCUT2D eigenvalue weighted by Crippen LogP contribution is 2.27. The molecule has 1 aromatic rings. The first-order valence-corrected chi connectivity index (χ1v) is 6.53. The third kappa shape index (κ3) is 5.24. The van der Waals surface area contributed by atoms with Crippen LogP contribution in [0.25, 0.3) is 0 Å². The van der Waals surface area contributed by atoms with Crippen LogP contribution in [0.3, 0.4) is 0 Å². The van der Waals surface area contributed by atoms with E-state index >= 15 is 0 Å². The minimum absolute atomic E-state index is 0.0553. The lowest BCUT2D eigenvalue weighted by molar-refractivity contribution is -0.421. The first-order chi connectivity index (χ1) is 10.3. The van der Waals surface area contributed by atoms with Gasteiger partial charge in [-0.05, 0) is 28.9 Å². The van der Waals surface area contributed by atoms with Gasteiger partial charge in [0, 0.05) is 10.7 Å². The summed E-state index contributed by atoms with van der Waals surface area (Å²) in [7, 11) is 0. The molecule has 120 valence electrons. The Kier molecular flexibility index (Phi) is 6.63. The number of halogens is 3. The summed E-state index contributed by atoms with van der Waals surface area (Å²) in [5, 5.41) is 13.0. The predicted octanol–water partition coefficient (Wildman–Crippen LogP) is 2.54. The number of anilines is 1. The number of pyridine rings is 1. The molecular weight excluding hydrogens is 372 g/mol. The summed E-state index contributed by atoms with van der Waals surface area (Å²) in [6.45, 7) is -1.69. The van der Waals surface area contributed by atoms with Crippen LogP contribution in [-0.4, -0.2) is 29.1 Å². The number of rotatable bonds is 7. The Morgan fingerprint density at radius 2 is 2.32 bits per heavy atom. The van der Waals surface area contributed by atoms with Crippen molar-refractivity contribution < 1.29 is 28.0 Å². The van der Waals surface area contributed by atoms with Gasteiger partial charge in [0.25, 0.3) is 0 Å². The fourth-order valence-corrected chi connectivity index (χ4v) is 1.55. The maximum atomic E-state index is 12.3. The number of nitro groups is 1. The van der Waals surface area contributed by atoms with E-state index < -0.39 is 23.2 Å². The molecular formula is C11H10BrF2N3O5. The fraction of sp³-hybridized carbons (Fsp3) is 0.273. The molecule has 0 aliphatic carbocycles. The van der Waals surface area contributed by atoms with E-state index in [9.17, 15) is 23.7 Å². The fourth-order valence-electron chi connectivity index (χ4n) is 1.24. The van der Waals surface area contributed by atoms with E-state index in [0.29, 0.717) is 10.7 Å². The normalized spacial score (nSPS) is 11.2. The SMILES string of the molecule is CCOC(=O)/C(=C/Nc1ncc(Br)cc1OC(F)F)[N+](=O)[O-]. The van der Waals surface area contributed by atoms with E-state index in [1.165, 1.54) is 19.2 Å². The van der Waals surface area contributed by atoms with Gasteiger partial charge in [-0.3, -0.25) is 10.1 Å². The van der Waals surface area contributed by atoms with Crippen LogP contribution in [0.5, 0.6) is 5.75 Å². The van der Waals surface area contributed by atoms with Gasteiger partial charge in [-0.2, -0.15) is 8.78 Å². The van der Waals surface area contributed by atoms with Crippen molar-refractivity contribution in [1.29, 1.82) is 0 Å². The van der Waals surface area contributed by atoms with Crippen LogP contribution in [0.2, 0.25) is 0 Å². The monoisotopic (exact) mass is 381 g/mol. The lowest BCUT2D eigenvalue weighted by atomic mass is 10.4. The zero-order valence-corrected chi connectivity index (χ0v) is 12.7. The first-order valence-electron chi connectivity index (χ1n) is 5.73. The van der Waals surface area contributed by atoms with Crippen LogP contribution in [0.15, 0.2) is 28.6 Å². The molecule has 1 rings (SSSR count). The van der Waals surface area contributed by atoms with E-state index in [0.717, 1.165) is 0 Å². The lowest BCUT2D eigenvalue weighted by Crippen LogP contribution is -2.16. The minimum Gasteiger partial charge on any atom is -0.458 e. The summed E-state index contributed by atoms with van der Waals surface area (Å²) < 4.78 is 33.7. The average molecular weight is 382 g/mol. The maximum absolute atomic E-state index is 12.3. The van der Waals surface area contributed by atoms with Crippen molar-refractivity contribution in [1.82, 2.24) is 4.98 Å². The summed E-state index contributed by atoms with van der Waals surface area (Å²) in [5.41, 5.74) is -0.908. The quantitative estimate of drug-likeness (QED) is 0.335. The summed E-state index contributed by atoms with van der Waals surface area (Å²) in [6, 6.07) is 1.19. The Morgan fingerprint density at radius 1 is 1.64 bits per heavy atom. The van der Waals surface area contributed by atoms with E-state index in [1.54, 1.807) is 0 Å². The third-order valence-corrected chi connectivity index (χ3v) is 2.50. The van der Waals surface area contributed by atoms with Crippen molar-refractivity contribution in [3.63, 3.8) is 0 Å². The third-order valence-electron chi connectivity index (χ3n) is 2.06. The smallest absolute Gasteiger partial charge is 0.411 e. The molecule has 1 N–H and O–H groups in total. The largest absolute Gasteiger partial charge is 0.458 e. The molecule has 0 amide bonds. The Bertz CT molecular complexity index is 597. The standard InChI is InChI=1S/C11H10BrF2N3O5/c1-2-21-10(18)7(17(19)20)5-16-9-8(22-11(13)14)3-6(12)4-15-9/h3-5,11H,2H2,1H3,(H,15,16)/b7-5-. The second-order valence-electron chi connectivity index (χ2n) is 3.53. The van der Waals surface area contributed by atoms with Gasteiger partial charge in [-0.1, -0.05) is 0 Å². The van der Waals surface area contributed by atoms with Gasteiger partial charge in [0.15, 0.2) is 11.6 Å². The molecule has 0 spiro atoms. The van der Waals surface area contributed by atoms with E-state index in [2.05, 4.69) is 35.7 Å². The number of alkyl halides is 2. The second-order valence-corrected chi connectivity index (χ2v) is 4.45. The molecule has 11 heteroatoms. The predicted molar refractivity (Wildman–Crippen MR) is 73.9 cm³/mol.